The van der Waals surface area contributed by atoms with Crippen molar-refractivity contribution in [3.8, 4) is 0 Å². The number of ketones is 1. The largest absolute Gasteiger partial charge is 0.619 e. The minimum atomic E-state index is -3.96. The molecular weight excluding hydrogens is 454 g/mol. The zero-order valence-electron chi connectivity index (χ0n) is 16.9. The molecule has 32 heavy (non-hydrogen) atoms. The Kier molecular flexibility index (Phi) is 6.31. The van der Waals surface area contributed by atoms with Gasteiger partial charge in [0, 0.05) is 47.1 Å². The molecule has 1 N–H and O–H groups in total. The number of hydrogen-bond donors (Lipinski definition) is 1. The fourth-order valence-corrected chi connectivity index (χ4v) is 4.63. The number of ether oxygens (including phenoxy) is 1. The summed E-state index contributed by atoms with van der Waals surface area (Å²) in [5.41, 5.74) is 1.31. The highest BCUT2D eigenvalue weighted by atomic mass is 35.5. The lowest BCUT2D eigenvalue weighted by Crippen LogP contribution is -2.36. The molecule has 1 fully saturated rings. The Balaban J connectivity index is 1.60. The zero-order valence-corrected chi connectivity index (χ0v) is 18.5. The Morgan fingerprint density at radius 3 is 2.34 bits per heavy atom. The third kappa shape index (κ3) is 4.85. The van der Waals surface area contributed by atoms with Crippen LogP contribution in [-0.4, -0.2) is 40.5 Å². The van der Waals surface area contributed by atoms with Crippen LogP contribution in [0.5, 0.6) is 0 Å². The Morgan fingerprint density at radius 1 is 1.03 bits per heavy atom. The summed E-state index contributed by atoms with van der Waals surface area (Å²) in [4.78, 5) is 15.1. The first-order chi connectivity index (χ1) is 15.3. The van der Waals surface area contributed by atoms with E-state index in [1.54, 1.807) is 12.1 Å². The maximum Gasteiger partial charge on any atom is 0.261 e. The van der Waals surface area contributed by atoms with E-state index >= 15 is 0 Å². The maximum atomic E-state index is 13.0. The van der Waals surface area contributed by atoms with Gasteiger partial charge in [0.25, 0.3) is 10.0 Å². The first-order valence-electron chi connectivity index (χ1n) is 9.82. The molecule has 8 nitrogen and oxygen atoms in total. The average Bonchev–Trinajstić information content (AvgIpc) is 2.81. The number of morpholine rings is 1. The van der Waals surface area contributed by atoms with E-state index in [0.29, 0.717) is 17.9 Å². The van der Waals surface area contributed by atoms with Crippen LogP contribution in [0.3, 0.4) is 0 Å². The number of nitrogens with zero attached hydrogens (tertiary/aromatic N) is 2. The van der Waals surface area contributed by atoms with Crippen LogP contribution in [0, 0.1) is 5.21 Å². The molecule has 0 unspecified atom stereocenters. The lowest BCUT2D eigenvalue weighted by Gasteiger charge is -2.28. The Morgan fingerprint density at radius 2 is 1.69 bits per heavy atom. The topological polar surface area (TPSA) is 103 Å². The van der Waals surface area contributed by atoms with Crippen molar-refractivity contribution in [2.45, 2.75) is 4.90 Å². The number of nitrogens with one attached hydrogen (secondary N) is 1. The summed E-state index contributed by atoms with van der Waals surface area (Å²) in [5, 5.41) is 11.5. The Labute approximate surface area is 190 Å². The number of carbonyl (C=O) groups excluding carboxylic acids is 1. The minimum absolute atomic E-state index is 0.0648. The van der Waals surface area contributed by atoms with Crippen molar-refractivity contribution >= 4 is 38.8 Å². The second kappa shape index (κ2) is 9.15. The molecule has 4 rings (SSSR count). The van der Waals surface area contributed by atoms with Crippen molar-refractivity contribution in [2.75, 3.05) is 35.9 Å². The fraction of sp³-hybridized carbons (Fsp3) is 0.182. The van der Waals surface area contributed by atoms with Gasteiger partial charge >= 0.3 is 0 Å². The zero-order chi connectivity index (χ0) is 22.7. The lowest BCUT2D eigenvalue weighted by molar-refractivity contribution is -0.605. The highest BCUT2D eigenvalue weighted by molar-refractivity contribution is 7.92. The van der Waals surface area contributed by atoms with Gasteiger partial charge in [-0.15, -0.1) is 0 Å². The van der Waals surface area contributed by atoms with Gasteiger partial charge < -0.3 is 14.8 Å². The number of benzene rings is 2. The number of aromatic nitrogens is 1. The van der Waals surface area contributed by atoms with Crippen molar-refractivity contribution in [3.05, 3.63) is 88.3 Å². The maximum absolute atomic E-state index is 13.0. The SMILES string of the molecule is O=C(c1cc[n+]([O-])cc1)c1cc(Cl)ccc1NS(=O)(=O)c1ccc(N2CCOCC2)cc1. The van der Waals surface area contributed by atoms with Crippen molar-refractivity contribution in [3.63, 3.8) is 0 Å². The summed E-state index contributed by atoms with van der Waals surface area (Å²) in [5.74, 6) is -0.464. The molecule has 10 heteroatoms. The van der Waals surface area contributed by atoms with Crippen LogP contribution < -0.4 is 14.4 Å². The predicted octanol–water partition coefficient (Wildman–Crippen LogP) is 2.84. The van der Waals surface area contributed by atoms with Crippen molar-refractivity contribution in [1.82, 2.24) is 0 Å². The molecule has 0 spiro atoms. The van der Waals surface area contributed by atoms with E-state index in [1.807, 2.05) is 0 Å². The van der Waals surface area contributed by atoms with E-state index < -0.39 is 15.8 Å². The smallest absolute Gasteiger partial charge is 0.261 e. The van der Waals surface area contributed by atoms with Crippen LogP contribution in [0.25, 0.3) is 0 Å². The van der Waals surface area contributed by atoms with E-state index in [0.717, 1.165) is 18.8 Å². The highest BCUT2D eigenvalue weighted by Gasteiger charge is 2.21. The Bertz CT molecular complexity index is 1230. The van der Waals surface area contributed by atoms with Gasteiger partial charge in [0.15, 0.2) is 18.2 Å². The molecule has 2 aromatic carbocycles. The lowest BCUT2D eigenvalue weighted by atomic mass is 10.0. The number of anilines is 2. The van der Waals surface area contributed by atoms with Gasteiger partial charge in [0.1, 0.15) is 0 Å². The monoisotopic (exact) mass is 473 g/mol. The molecule has 0 radical (unpaired) electrons. The molecule has 1 aromatic heterocycles. The van der Waals surface area contributed by atoms with Gasteiger partial charge in [-0.2, -0.15) is 4.73 Å². The normalized spacial score (nSPS) is 14.2. The van der Waals surface area contributed by atoms with E-state index in [1.165, 1.54) is 54.9 Å². The fourth-order valence-electron chi connectivity index (χ4n) is 3.37. The summed E-state index contributed by atoms with van der Waals surface area (Å²) >= 11 is 6.06. The second-order valence-corrected chi connectivity index (χ2v) is 9.28. The number of rotatable bonds is 6. The second-order valence-electron chi connectivity index (χ2n) is 7.16. The molecule has 3 aromatic rings. The summed E-state index contributed by atoms with van der Waals surface area (Å²) in [7, 11) is -3.96. The number of halogens is 1. The molecule has 2 heterocycles. The van der Waals surface area contributed by atoms with Crippen LogP contribution in [0.4, 0.5) is 11.4 Å². The Hall–Kier alpha value is -3.14. The third-order valence-electron chi connectivity index (χ3n) is 5.06. The van der Waals surface area contributed by atoms with Gasteiger partial charge in [-0.25, -0.2) is 8.42 Å². The number of sulfonamides is 1. The molecule has 0 saturated carbocycles. The molecule has 0 aliphatic carbocycles. The molecule has 0 bridgehead atoms. The van der Waals surface area contributed by atoms with Gasteiger partial charge in [0.2, 0.25) is 0 Å². The van der Waals surface area contributed by atoms with Gasteiger partial charge in [-0.1, -0.05) is 11.6 Å². The quantitative estimate of drug-likeness (QED) is 0.335. The highest BCUT2D eigenvalue weighted by Crippen LogP contribution is 2.27. The summed E-state index contributed by atoms with van der Waals surface area (Å²) in [6.07, 6.45) is 2.38. The summed E-state index contributed by atoms with van der Waals surface area (Å²) in [6.45, 7) is 2.75. The average molecular weight is 474 g/mol. The molecule has 1 saturated heterocycles. The van der Waals surface area contributed by atoms with Gasteiger partial charge in [-0.3, -0.25) is 9.52 Å². The van der Waals surface area contributed by atoms with Crippen molar-refractivity contribution in [1.29, 1.82) is 0 Å². The molecule has 1 aliphatic heterocycles. The van der Waals surface area contributed by atoms with Crippen LogP contribution >= 0.6 is 11.6 Å². The van der Waals surface area contributed by atoms with Crippen LogP contribution in [-0.2, 0) is 14.8 Å². The van der Waals surface area contributed by atoms with E-state index in [2.05, 4.69) is 9.62 Å². The van der Waals surface area contributed by atoms with Crippen molar-refractivity contribution < 1.29 is 22.7 Å². The summed E-state index contributed by atoms with van der Waals surface area (Å²) < 4.78 is 34.4. The van der Waals surface area contributed by atoms with E-state index in [4.69, 9.17) is 16.3 Å². The van der Waals surface area contributed by atoms with E-state index in [-0.39, 0.29) is 26.7 Å². The molecule has 0 atom stereocenters. The number of hydrogen-bond acceptors (Lipinski definition) is 6. The van der Waals surface area contributed by atoms with Crippen LogP contribution in [0.1, 0.15) is 15.9 Å². The van der Waals surface area contributed by atoms with Crippen molar-refractivity contribution in [2.24, 2.45) is 0 Å². The minimum Gasteiger partial charge on any atom is -0.619 e. The predicted molar refractivity (Wildman–Crippen MR) is 121 cm³/mol. The molecular formula is C22H20ClN3O5S. The van der Waals surface area contributed by atoms with Crippen LogP contribution in [0.15, 0.2) is 71.9 Å². The van der Waals surface area contributed by atoms with Gasteiger partial charge in [0.05, 0.1) is 23.8 Å². The van der Waals surface area contributed by atoms with E-state index in [9.17, 15) is 18.4 Å². The standard InChI is InChI=1S/C22H20ClN3O5S/c23-17-1-6-21(20(15-17)22(27)16-7-9-26(28)10-8-16)24-32(29,30)19-4-2-18(3-5-19)25-11-13-31-14-12-25/h1-10,15,24H,11-14H2. The molecule has 0 amide bonds. The third-order valence-corrected chi connectivity index (χ3v) is 6.67. The van der Waals surface area contributed by atoms with Crippen LogP contribution in [0.2, 0.25) is 5.02 Å². The number of pyridine rings is 1. The first kappa shape index (κ1) is 22.1. The molecule has 166 valence electrons. The first-order valence-corrected chi connectivity index (χ1v) is 11.7. The summed E-state index contributed by atoms with van der Waals surface area (Å²) in [6, 6.07) is 13.6. The number of carbonyl (C=O) groups is 1. The van der Waals surface area contributed by atoms with Gasteiger partial charge in [-0.05, 0) is 42.5 Å². The molecule has 1 aliphatic rings.